The number of hydrogen-bond donors (Lipinski definition) is 0. The van der Waals surface area contributed by atoms with Gasteiger partial charge in [0.2, 0.25) is 5.28 Å². The minimum absolute atomic E-state index is 0.150. The monoisotopic (exact) mass is 507 g/mol. The third-order valence-corrected chi connectivity index (χ3v) is 7.43. The van der Waals surface area contributed by atoms with E-state index < -0.39 is 0 Å². The standard InChI is InChI=1S/C33H18ClN3O/c34-33-36-31(35-32(37-33)26-16-8-18-28-30(26)24-13-5-6-17-27(24)38-28)25-15-7-14-23-21-10-2-1-9-19(21)20-11-3-4-12-22(20)29(23)25/h1-18H. The van der Waals surface area contributed by atoms with Crippen LogP contribution in [-0.4, -0.2) is 15.0 Å². The van der Waals surface area contributed by atoms with E-state index in [2.05, 4.69) is 82.8 Å². The van der Waals surface area contributed by atoms with Gasteiger partial charge in [-0.3, -0.25) is 0 Å². The number of para-hydroxylation sites is 1. The van der Waals surface area contributed by atoms with Crippen molar-refractivity contribution < 1.29 is 4.42 Å². The van der Waals surface area contributed by atoms with E-state index in [-0.39, 0.29) is 5.28 Å². The molecule has 2 heterocycles. The molecule has 6 aromatic carbocycles. The largest absolute Gasteiger partial charge is 0.456 e. The molecule has 0 spiro atoms. The normalized spacial score (nSPS) is 11.8. The van der Waals surface area contributed by atoms with Gasteiger partial charge in [-0.2, -0.15) is 9.97 Å². The molecule has 0 saturated carbocycles. The van der Waals surface area contributed by atoms with Crippen LogP contribution in [0.1, 0.15) is 0 Å². The van der Waals surface area contributed by atoms with Crippen LogP contribution in [0.4, 0.5) is 0 Å². The third-order valence-electron chi connectivity index (χ3n) is 7.26. The van der Waals surface area contributed by atoms with E-state index in [4.69, 9.17) is 21.0 Å². The first-order valence-corrected chi connectivity index (χ1v) is 12.8. The maximum Gasteiger partial charge on any atom is 0.226 e. The van der Waals surface area contributed by atoms with Crippen LogP contribution in [0.5, 0.6) is 0 Å². The number of halogens is 1. The highest BCUT2D eigenvalue weighted by molar-refractivity contribution is 6.29. The topological polar surface area (TPSA) is 51.8 Å². The molecule has 0 aliphatic heterocycles. The predicted octanol–water partition coefficient (Wildman–Crippen LogP) is 9.22. The van der Waals surface area contributed by atoms with Gasteiger partial charge in [0.05, 0.1) is 0 Å². The Hall–Kier alpha value is -4.80. The molecule has 0 N–H and O–H groups in total. The Labute approximate surface area is 222 Å². The van der Waals surface area contributed by atoms with E-state index in [9.17, 15) is 0 Å². The Morgan fingerprint density at radius 3 is 1.58 bits per heavy atom. The zero-order chi connectivity index (χ0) is 25.2. The Morgan fingerprint density at radius 1 is 0.421 bits per heavy atom. The summed E-state index contributed by atoms with van der Waals surface area (Å²) in [5, 5.41) is 9.13. The molecule has 2 aromatic heterocycles. The first-order valence-electron chi connectivity index (χ1n) is 12.4. The molecule has 4 nitrogen and oxygen atoms in total. The Bertz CT molecular complexity index is 2170. The Morgan fingerprint density at radius 2 is 0.895 bits per heavy atom. The number of fused-ring (bicyclic) bond motifs is 9. The summed E-state index contributed by atoms with van der Waals surface area (Å²) in [7, 11) is 0. The summed E-state index contributed by atoms with van der Waals surface area (Å²) in [6, 6.07) is 37.2. The lowest BCUT2D eigenvalue weighted by atomic mass is 9.91. The number of nitrogens with zero attached hydrogens (tertiary/aromatic N) is 3. The van der Waals surface area contributed by atoms with Gasteiger partial charge in [0.1, 0.15) is 11.2 Å². The molecule has 0 atom stereocenters. The van der Waals surface area contributed by atoms with Gasteiger partial charge in [0.15, 0.2) is 11.6 Å². The first-order chi connectivity index (χ1) is 18.8. The average molecular weight is 508 g/mol. The van der Waals surface area contributed by atoms with Crippen LogP contribution in [-0.2, 0) is 0 Å². The lowest BCUT2D eigenvalue weighted by Gasteiger charge is -2.14. The lowest BCUT2D eigenvalue weighted by Crippen LogP contribution is -1.98. The van der Waals surface area contributed by atoms with Crippen molar-refractivity contribution in [2.24, 2.45) is 0 Å². The molecular weight excluding hydrogens is 490 g/mol. The van der Waals surface area contributed by atoms with Gasteiger partial charge in [-0.25, -0.2) is 4.98 Å². The van der Waals surface area contributed by atoms with Crippen LogP contribution in [0.3, 0.4) is 0 Å². The second kappa shape index (κ2) is 8.10. The highest BCUT2D eigenvalue weighted by Crippen LogP contribution is 2.40. The third kappa shape index (κ3) is 3.07. The number of hydrogen-bond acceptors (Lipinski definition) is 4. The molecule has 0 saturated heterocycles. The molecule has 8 aromatic rings. The van der Waals surface area contributed by atoms with Crippen LogP contribution in [0.15, 0.2) is 114 Å². The summed E-state index contributed by atoms with van der Waals surface area (Å²) < 4.78 is 6.10. The zero-order valence-electron chi connectivity index (χ0n) is 20.0. The summed E-state index contributed by atoms with van der Waals surface area (Å²) in [6.07, 6.45) is 0. The van der Waals surface area contributed by atoms with E-state index in [0.717, 1.165) is 49.2 Å². The van der Waals surface area contributed by atoms with Gasteiger partial charge in [-0.1, -0.05) is 97.1 Å². The second-order valence-electron chi connectivity index (χ2n) is 9.35. The van der Waals surface area contributed by atoms with E-state index in [1.807, 2.05) is 36.4 Å². The number of benzene rings is 6. The van der Waals surface area contributed by atoms with Crippen molar-refractivity contribution in [2.75, 3.05) is 0 Å². The van der Waals surface area contributed by atoms with Crippen molar-refractivity contribution in [3.63, 3.8) is 0 Å². The zero-order valence-corrected chi connectivity index (χ0v) is 20.8. The van der Waals surface area contributed by atoms with Crippen molar-refractivity contribution in [1.82, 2.24) is 15.0 Å². The highest BCUT2D eigenvalue weighted by Gasteiger charge is 2.19. The van der Waals surface area contributed by atoms with E-state index >= 15 is 0 Å². The van der Waals surface area contributed by atoms with Gasteiger partial charge in [0, 0.05) is 27.3 Å². The fraction of sp³-hybridized carbons (Fsp3) is 0. The summed E-state index contributed by atoms with van der Waals surface area (Å²) in [6.45, 7) is 0. The minimum Gasteiger partial charge on any atom is -0.456 e. The van der Waals surface area contributed by atoms with Gasteiger partial charge < -0.3 is 4.42 Å². The maximum atomic E-state index is 6.57. The van der Waals surface area contributed by atoms with Crippen molar-refractivity contribution in [3.05, 3.63) is 114 Å². The van der Waals surface area contributed by atoms with Crippen molar-refractivity contribution in [1.29, 1.82) is 0 Å². The lowest BCUT2D eigenvalue weighted by molar-refractivity contribution is 0.669. The van der Waals surface area contributed by atoms with Crippen LogP contribution in [0, 0.1) is 0 Å². The van der Waals surface area contributed by atoms with Crippen LogP contribution >= 0.6 is 11.6 Å². The molecule has 178 valence electrons. The van der Waals surface area contributed by atoms with E-state index in [0.29, 0.717) is 11.6 Å². The van der Waals surface area contributed by atoms with Crippen molar-refractivity contribution in [3.8, 4) is 22.8 Å². The SMILES string of the molecule is Clc1nc(-c2cccc3oc4ccccc4c23)nc(-c2cccc3c4ccccc4c4ccccc4c23)n1. The molecule has 0 fully saturated rings. The van der Waals surface area contributed by atoms with Crippen molar-refractivity contribution in [2.45, 2.75) is 0 Å². The highest BCUT2D eigenvalue weighted by atomic mass is 35.5. The summed E-state index contributed by atoms with van der Waals surface area (Å²) in [5.41, 5.74) is 3.37. The fourth-order valence-electron chi connectivity index (χ4n) is 5.69. The first kappa shape index (κ1) is 21.3. The Kier molecular flexibility index (Phi) is 4.54. The van der Waals surface area contributed by atoms with E-state index in [1.165, 1.54) is 16.2 Å². The minimum atomic E-state index is 0.150. The average Bonchev–Trinajstić information content (AvgIpc) is 3.36. The maximum absolute atomic E-state index is 6.57. The predicted molar refractivity (Wildman–Crippen MR) is 156 cm³/mol. The van der Waals surface area contributed by atoms with Crippen molar-refractivity contribution >= 4 is 65.9 Å². The molecule has 0 amide bonds. The number of furan rings is 1. The van der Waals surface area contributed by atoms with Gasteiger partial charge in [0.25, 0.3) is 0 Å². The van der Waals surface area contributed by atoms with Crippen LogP contribution < -0.4 is 0 Å². The van der Waals surface area contributed by atoms with Gasteiger partial charge in [-0.05, 0) is 50.7 Å². The second-order valence-corrected chi connectivity index (χ2v) is 9.69. The smallest absolute Gasteiger partial charge is 0.226 e. The van der Waals surface area contributed by atoms with Crippen LogP contribution in [0.25, 0.3) is 77.0 Å². The molecule has 5 heteroatoms. The molecule has 0 aliphatic rings. The quantitative estimate of drug-likeness (QED) is 0.219. The molecule has 8 rings (SSSR count). The molecular formula is C33H18ClN3O. The molecule has 0 bridgehead atoms. The number of aromatic nitrogens is 3. The molecule has 0 radical (unpaired) electrons. The molecule has 38 heavy (non-hydrogen) atoms. The van der Waals surface area contributed by atoms with Crippen LogP contribution in [0.2, 0.25) is 5.28 Å². The fourth-order valence-corrected chi connectivity index (χ4v) is 5.85. The summed E-state index contributed by atoms with van der Waals surface area (Å²) in [5.74, 6) is 1.05. The summed E-state index contributed by atoms with van der Waals surface area (Å²) in [4.78, 5) is 14.2. The van der Waals surface area contributed by atoms with Gasteiger partial charge in [-0.15, -0.1) is 0 Å². The molecule has 0 aliphatic carbocycles. The Balaban J connectivity index is 1.45. The molecule has 0 unspecified atom stereocenters. The summed E-state index contributed by atoms with van der Waals surface area (Å²) >= 11 is 6.57. The van der Waals surface area contributed by atoms with E-state index in [1.54, 1.807) is 0 Å². The number of rotatable bonds is 2. The van der Waals surface area contributed by atoms with Gasteiger partial charge >= 0.3 is 0 Å².